The molecule has 0 spiro atoms. The SMILES string of the molecule is Cc1c(C)c(C)c(C(=O)N2CSC[C@H]2C(=O)O)c(C)c1C. The highest BCUT2D eigenvalue weighted by atomic mass is 32.2. The number of aliphatic carboxylic acids is 1. The quantitative estimate of drug-likeness (QED) is 0.913. The Bertz CT molecular complexity index is 595. The van der Waals surface area contributed by atoms with Gasteiger partial charge in [-0.2, -0.15) is 0 Å². The normalized spacial score (nSPS) is 18.1. The van der Waals surface area contributed by atoms with Crippen LogP contribution in [0.1, 0.15) is 38.2 Å². The smallest absolute Gasteiger partial charge is 0.327 e. The van der Waals surface area contributed by atoms with E-state index in [1.807, 2.05) is 27.7 Å². The zero-order chi connectivity index (χ0) is 15.9. The van der Waals surface area contributed by atoms with E-state index in [9.17, 15) is 14.7 Å². The van der Waals surface area contributed by atoms with Crippen LogP contribution in [0.3, 0.4) is 0 Å². The van der Waals surface area contributed by atoms with E-state index < -0.39 is 12.0 Å². The number of hydrogen-bond donors (Lipinski definition) is 1. The molecular weight excluding hydrogens is 286 g/mol. The molecule has 4 nitrogen and oxygen atoms in total. The van der Waals surface area contributed by atoms with E-state index >= 15 is 0 Å². The molecule has 21 heavy (non-hydrogen) atoms. The third-order valence-corrected chi connectivity index (χ3v) is 5.65. The highest BCUT2D eigenvalue weighted by Gasteiger charge is 2.36. The van der Waals surface area contributed by atoms with Gasteiger partial charge in [0, 0.05) is 11.3 Å². The van der Waals surface area contributed by atoms with Crippen molar-refractivity contribution in [3.63, 3.8) is 0 Å². The van der Waals surface area contributed by atoms with Crippen LogP contribution in [-0.4, -0.2) is 39.6 Å². The number of benzene rings is 1. The van der Waals surface area contributed by atoms with Gasteiger partial charge < -0.3 is 10.0 Å². The van der Waals surface area contributed by atoms with Gasteiger partial charge in [0.25, 0.3) is 5.91 Å². The van der Waals surface area contributed by atoms with Crippen molar-refractivity contribution in [3.05, 3.63) is 33.4 Å². The second-order valence-electron chi connectivity index (χ2n) is 5.63. The Hall–Kier alpha value is -1.49. The number of nitrogens with zero attached hydrogens (tertiary/aromatic N) is 1. The van der Waals surface area contributed by atoms with Crippen molar-refractivity contribution < 1.29 is 14.7 Å². The molecule has 1 N–H and O–H groups in total. The second kappa shape index (κ2) is 5.72. The Labute approximate surface area is 129 Å². The monoisotopic (exact) mass is 307 g/mol. The standard InChI is InChI=1S/C16H21NO3S/c1-8-9(2)11(4)14(12(5)10(8)3)15(18)17-7-21-6-13(17)16(19)20/h13H,6-7H2,1-5H3,(H,19,20)/t13-/m0/s1. The van der Waals surface area contributed by atoms with Gasteiger partial charge in [-0.3, -0.25) is 4.79 Å². The van der Waals surface area contributed by atoms with Crippen molar-refractivity contribution >= 4 is 23.6 Å². The van der Waals surface area contributed by atoms with Crippen LogP contribution in [0.25, 0.3) is 0 Å². The van der Waals surface area contributed by atoms with Crippen molar-refractivity contribution in [1.82, 2.24) is 4.90 Å². The van der Waals surface area contributed by atoms with Crippen LogP contribution in [-0.2, 0) is 4.79 Å². The lowest BCUT2D eigenvalue weighted by molar-refractivity contribution is -0.140. The molecule has 0 aliphatic carbocycles. The molecule has 5 heteroatoms. The third-order valence-electron chi connectivity index (χ3n) is 4.64. The number of carbonyl (C=O) groups excluding carboxylic acids is 1. The average Bonchev–Trinajstić information content (AvgIpc) is 2.92. The van der Waals surface area contributed by atoms with E-state index in [0.717, 1.165) is 22.3 Å². The maximum atomic E-state index is 12.9. The number of carboxylic acid groups (broad SMARTS) is 1. The summed E-state index contributed by atoms with van der Waals surface area (Å²) in [4.78, 5) is 25.6. The van der Waals surface area contributed by atoms with Gasteiger partial charge in [-0.25, -0.2) is 4.79 Å². The van der Waals surface area contributed by atoms with E-state index in [2.05, 4.69) is 6.92 Å². The zero-order valence-electron chi connectivity index (χ0n) is 13.1. The molecule has 1 aromatic rings. The van der Waals surface area contributed by atoms with Crippen LogP contribution < -0.4 is 0 Å². The number of amides is 1. The number of carbonyl (C=O) groups is 2. The van der Waals surface area contributed by atoms with Crippen molar-refractivity contribution in [3.8, 4) is 0 Å². The van der Waals surface area contributed by atoms with Gasteiger partial charge in [-0.05, 0) is 62.4 Å². The van der Waals surface area contributed by atoms with Crippen molar-refractivity contribution in [2.45, 2.75) is 40.7 Å². The van der Waals surface area contributed by atoms with Gasteiger partial charge in [0.05, 0.1) is 5.88 Å². The van der Waals surface area contributed by atoms with Crippen LogP contribution >= 0.6 is 11.8 Å². The summed E-state index contributed by atoms with van der Waals surface area (Å²) in [7, 11) is 0. The lowest BCUT2D eigenvalue weighted by atomic mass is 9.89. The van der Waals surface area contributed by atoms with E-state index in [1.165, 1.54) is 22.2 Å². The molecule has 0 saturated carbocycles. The van der Waals surface area contributed by atoms with Crippen molar-refractivity contribution in [2.24, 2.45) is 0 Å². The first kappa shape index (κ1) is 15.9. The largest absolute Gasteiger partial charge is 0.480 e. The van der Waals surface area contributed by atoms with Crippen LogP contribution in [0.5, 0.6) is 0 Å². The lowest BCUT2D eigenvalue weighted by Gasteiger charge is -2.25. The zero-order valence-corrected chi connectivity index (χ0v) is 13.9. The molecule has 1 aliphatic rings. The molecule has 0 unspecified atom stereocenters. The highest BCUT2D eigenvalue weighted by molar-refractivity contribution is 7.99. The maximum absolute atomic E-state index is 12.9. The summed E-state index contributed by atoms with van der Waals surface area (Å²) in [5.74, 6) is -0.179. The molecule has 0 aromatic heterocycles. The molecule has 2 rings (SSSR count). The van der Waals surface area contributed by atoms with Gasteiger partial charge in [-0.15, -0.1) is 11.8 Å². The molecule has 1 aliphatic heterocycles. The molecular formula is C16H21NO3S. The fourth-order valence-corrected chi connectivity index (χ4v) is 3.96. The van der Waals surface area contributed by atoms with Crippen LogP contribution in [0.2, 0.25) is 0 Å². The first-order valence-electron chi connectivity index (χ1n) is 6.95. The number of hydrogen-bond acceptors (Lipinski definition) is 3. The summed E-state index contributed by atoms with van der Waals surface area (Å²) in [6, 6.07) is -0.719. The third kappa shape index (κ3) is 2.55. The summed E-state index contributed by atoms with van der Waals surface area (Å²) in [6.07, 6.45) is 0. The molecule has 1 amide bonds. The van der Waals surface area contributed by atoms with Crippen LogP contribution in [0, 0.1) is 34.6 Å². The topological polar surface area (TPSA) is 57.6 Å². The molecule has 1 fully saturated rings. The molecule has 1 atom stereocenters. The minimum Gasteiger partial charge on any atom is -0.480 e. The lowest BCUT2D eigenvalue weighted by Crippen LogP contribution is -2.42. The summed E-state index contributed by atoms with van der Waals surface area (Å²) in [5, 5.41) is 9.26. The summed E-state index contributed by atoms with van der Waals surface area (Å²) >= 11 is 1.49. The average molecular weight is 307 g/mol. The summed E-state index contributed by atoms with van der Waals surface area (Å²) < 4.78 is 0. The molecule has 1 saturated heterocycles. The van der Waals surface area contributed by atoms with Gasteiger partial charge in [0.1, 0.15) is 6.04 Å². The van der Waals surface area contributed by atoms with Gasteiger partial charge in [0.2, 0.25) is 0 Å². The number of carboxylic acids is 1. The number of thioether (sulfide) groups is 1. The van der Waals surface area contributed by atoms with Crippen LogP contribution in [0.4, 0.5) is 0 Å². The fraction of sp³-hybridized carbons (Fsp3) is 0.500. The molecule has 0 bridgehead atoms. The van der Waals surface area contributed by atoms with Crippen molar-refractivity contribution in [2.75, 3.05) is 11.6 Å². The predicted molar refractivity (Wildman–Crippen MR) is 85.0 cm³/mol. The fourth-order valence-electron chi connectivity index (χ4n) is 2.81. The van der Waals surface area contributed by atoms with E-state index in [-0.39, 0.29) is 5.91 Å². The Kier molecular flexibility index (Phi) is 4.33. The Morgan fingerprint density at radius 1 is 1.00 bits per heavy atom. The van der Waals surface area contributed by atoms with E-state index in [0.29, 0.717) is 17.2 Å². The maximum Gasteiger partial charge on any atom is 0.327 e. The molecule has 0 radical (unpaired) electrons. The Morgan fingerprint density at radius 3 is 1.95 bits per heavy atom. The van der Waals surface area contributed by atoms with E-state index in [1.54, 1.807) is 0 Å². The highest BCUT2D eigenvalue weighted by Crippen LogP contribution is 2.30. The van der Waals surface area contributed by atoms with Crippen molar-refractivity contribution in [1.29, 1.82) is 0 Å². The molecule has 1 aromatic carbocycles. The van der Waals surface area contributed by atoms with Gasteiger partial charge >= 0.3 is 5.97 Å². The molecule has 1 heterocycles. The van der Waals surface area contributed by atoms with E-state index in [4.69, 9.17) is 0 Å². The molecule has 114 valence electrons. The number of rotatable bonds is 2. The second-order valence-corrected chi connectivity index (χ2v) is 6.63. The van der Waals surface area contributed by atoms with Gasteiger partial charge in [-0.1, -0.05) is 0 Å². The summed E-state index contributed by atoms with van der Waals surface area (Å²) in [5.41, 5.74) is 6.01. The first-order chi connectivity index (χ1) is 9.77. The summed E-state index contributed by atoms with van der Waals surface area (Å²) in [6.45, 7) is 9.98. The van der Waals surface area contributed by atoms with Gasteiger partial charge in [0.15, 0.2) is 0 Å². The Balaban J connectivity index is 2.52. The predicted octanol–water partition coefficient (Wildman–Crippen LogP) is 2.83. The first-order valence-corrected chi connectivity index (χ1v) is 8.11. The minimum atomic E-state index is -0.927. The van der Waals surface area contributed by atoms with Crippen LogP contribution in [0.15, 0.2) is 0 Å². The Morgan fingerprint density at radius 2 is 1.48 bits per heavy atom. The minimum absolute atomic E-state index is 0.159.